The summed E-state index contributed by atoms with van der Waals surface area (Å²) in [6, 6.07) is 10.4. The van der Waals surface area contributed by atoms with Gasteiger partial charge in [-0.2, -0.15) is 0 Å². The number of carbonyl (C=O) groups excluding carboxylic acids is 2. The molecule has 6 nitrogen and oxygen atoms in total. The van der Waals surface area contributed by atoms with Crippen LogP contribution in [0.5, 0.6) is 5.75 Å². The summed E-state index contributed by atoms with van der Waals surface area (Å²) in [7, 11) is 0. The molecule has 2 heterocycles. The molecule has 0 bridgehead atoms. The first kappa shape index (κ1) is 16.5. The lowest BCUT2D eigenvalue weighted by Gasteiger charge is -2.28. The summed E-state index contributed by atoms with van der Waals surface area (Å²) in [4.78, 5) is 25.9. The molecule has 0 aliphatic carbocycles. The molecule has 2 aliphatic heterocycles. The second-order valence-corrected chi connectivity index (χ2v) is 6.28. The molecule has 0 saturated heterocycles. The lowest BCUT2D eigenvalue weighted by atomic mass is 9.99. The lowest BCUT2D eigenvalue weighted by Crippen LogP contribution is -2.43. The van der Waals surface area contributed by atoms with Crippen LogP contribution in [0.2, 0.25) is 0 Å². The van der Waals surface area contributed by atoms with Crippen LogP contribution in [0.25, 0.3) is 0 Å². The number of nitrogens with zero attached hydrogens (tertiary/aromatic N) is 1. The van der Waals surface area contributed by atoms with E-state index in [2.05, 4.69) is 10.6 Å². The first-order chi connectivity index (χ1) is 12.6. The highest BCUT2D eigenvalue weighted by Gasteiger charge is 2.27. The number of hydrogen-bond donors (Lipinski definition) is 2. The van der Waals surface area contributed by atoms with Gasteiger partial charge in [-0.3, -0.25) is 14.5 Å². The van der Waals surface area contributed by atoms with Gasteiger partial charge >= 0.3 is 0 Å². The molecule has 4 rings (SSSR count). The van der Waals surface area contributed by atoms with Crippen molar-refractivity contribution in [3.63, 3.8) is 0 Å². The Kier molecular flexibility index (Phi) is 4.30. The third-order valence-electron chi connectivity index (χ3n) is 4.59. The highest BCUT2D eigenvalue weighted by Crippen LogP contribution is 2.31. The van der Waals surface area contributed by atoms with Crippen LogP contribution in [0.1, 0.15) is 11.1 Å². The fraction of sp³-hybridized carbons (Fsp3) is 0.263. The van der Waals surface area contributed by atoms with Gasteiger partial charge in [-0.1, -0.05) is 18.2 Å². The SMILES string of the molecule is O=C(CN1C(=O)COc2ccccc21)Nc1ccc2c(c1F)CCNC2. The zero-order valence-corrected chi connectivity index (χ0v) is 14.0. The van der Waals surface area contributed by atoms with Gasteiger partial charge in [0.1, 0.15) is 18.1 Å². The van der Waals surface area contributed by atoms with Crippen molar-refractivity contribution < 1.29 is 18.7 Å². The Hall–Kier alpha value is -2.93. The Bertz CT molecular complexity index is 884. The summed E-state index contributed by atoms with van der Waals surface area (Å²) in [5, 5.41) is 5.78. The molecule has 0 fully saturated rings. The minimum absolute atomic E-state index is 0.121. The summed E-state index contributed by atoms with van der Waals surface area (Å²) < 4.78 is 20.0. The third kappa shape index (κ3) is 3.01. The van der Waals surface area contributed by atoms with Gasteiger partial charge in [-0.05, 0) is 42.3 Å². The van der Waals surface area contributed by atoms with Crippen molar-refractivity contribution in [2.24, 2.45) is 0 Å². The average molecular weight is 355 g/mol. The monoisotopic (exact) mass is 355 g/mol. The van der Waals surface area contributed by atoms with Gasteiger partial charge in [0, 0.05) is 6.54 Å². The Labute approximate surface area is 149 Å². The van der Waals surface area contributed by atoms with Gasteiger partial charge in [0.05, 0.1) is 11.4 Å². The van der Waals surface area contributed by atoms with Crippen LogP contribution in [-0.4, -0.2) is 31.5 Å². The number of para-hydroxylation sites is 2. The predicted octanol–water partition coefficient (Wildman–Crippen LogP) is 1.84. The van der Waals surface area contributed by atoms with E-state index in [0.29, 0.717) is 36.5 Å². The quantitative estimate of drug-likeness (QED) is 0.881. The van der Waals surface area contributed by atoms with Crippen LogP contribution >= 0.6 is 0 Å². The molecule has 2 aromatic carbocycles. The van der Waals surface area contributed by atoms with Crippen molar-refractivity contribution in [1.29, 1.82) is 0 Å². The summed E-state index contributed by atoms with van der Waals surface area (Å²) in [6.07, 6.45) is 0.584. The van der Waals surface area contributed by atoms with E-state index in [1.54, 1.807) is 30.3 Å². The highest BCUT2D eigenvalue weighted by molar-refractivity contribution is 6.05. The van der Waals surface area contributed by atoms with Gasteiger partial charge in [0.25, 0.3) is 5.91 Å². The molecule has 0 atom stereocenters. The first-order valence-corrected chi connectivity index (χ1v) is 8.46. The smallest absolute Gasteiger partial charge is 0.265 e. The standard InChI is InChI=1S/C19H18FN3O3/c20-19-13-7-8-21-9-12(13)5-6-14(19)22-17(24)10-23-15-3-1-2-4-16(15)26-11-18(23)25/h1-6,21H,7-11H2,(H,22,24). The van der Waals surface area contributed by atoms with Gasteiger partial charge < -0.3 is 15.4 Å². The van der Waals surface area contributed by atoms with Crippen LogP contribution in [0.3, 0.4) is 0 Å². The van der Waals surface area contributed by atoms with Gasteiger partial charge in [-0.15, -0.1) is 0 Å². The number of carbonyl (C=O) groups is 2. The topological polar surface area (TPSA) is 70.7 Å². The van der Waals surface area contributed by atoms with Gasteiger partial charge in [-0.25, -0.2) is 4.39 Å². The number of rotatable bonds is 3. The maximum absolute atomic E-state index is 14.7. The van der Waals surface area contributed by atoms with E-state index in [0.717, 1.165) is 5.56 Å². The van der Waals surface area contributed by atoms with Crippen LogP contribution < -0.4 is 20.3 Å². The summed E-state index contributed by atoms with van der Waals surface area (Å²) in [5.41, 5.74) is 2.22. The van der Waals surface area contributed by atoms with E-state index >= 15 is 0 Å². The molecule has 2 amide bonds. The van der Waals surface area contributed by atoms with Crippen LogP contribution in [0.15, 0.2) is 36.4 Å². The number of benzene rings is 2. The molecule has 2 aliphatic rings. The Morgan fingerprint density at radius 1 is 1.27 bits per heavy atom. The summed E-state index contributed by atoms with van der Waals surface area (Å²) in [5.74, 6) is -0.614. The predicted molar refractivity (Wildman–Crippen MR) is 94.7 cm³/mol. The van der Waals surface area contributed by atoms with E-state index in [9.17, 15) is 14.0 Å². The van der Waals surface area contributed by atoms with Crippen molar-refractivity contribution in [1.82, 2.24) is 5.32 Å². The van der Waals surface area contributed by atoms with Crippen molar-refractivity contribution >= 4 is 23.2 Å². The maximum atomic E-state index is 14.7. The molecule has 7 heteroatoms. The van der Waals surface area contributed by atoms with E-state index in [1.807, 2.05) is 6.07 Å². The molecule has 0 unspecified atom stereocenters. The van der Waals surface area contributed by atoms with Crippen molar-refractivity contribution in [3.8, 4) is 5.75 Å². The van der Waals surface area contributed by atoms with E-state index in [-0.39, 0.29) is 24.7 Å². The summed E-state index contributed by atoms with van der Waals surface area (Å²) in [6.45, 7) is 1.02. The Morgan fingerprint density at radius 2 is 2.12 bits per heavy atom. The molecule has 2 N–H and O–H groups in total. The van der Waals surface area contributed by atoms with Crippen LogP contribution in [-0.2, 0) is 22.6 Å². The number of halogens is 1. The molecule has 0 aromatic heterocycles. The van der Waals surface area contributed by atoms with Crippen LogP contribution in [0.4, 0.5) is 15.8 Å². The second kappa shape index (κ2) is 6.76. The molecule has 0 radical (unpaired) electrons. The molecular formula is C19H18FN3O3. The Morgan fingerprint density at radius 3 is 3.00 bits per heavy atom. The molecule has 134 valence electrons. The van der Waals surface area contributed by atoms with E-state index < -0.39 is 11.7 Å². The van der Waals surface area contributed by atoms with E-state index in [4.69, 9.17) is 4.74 Å². The third-order valence-corrected chi connectivity index (χ3v) is 4.59. The minimum atomic E-state index is -0.456. The Balaban J connectivity index is 1.52. The van der Waals surface area contributed by atoms with Gasteiger partial charge in [0.2, 0.25) is 5.91 Å². The fourth-order valence-corrected chi connectivity index (χ4v) is 3.29. The zero-order chi connectivity index (χ0) is 18.1. The molecule has 0 saturated carbocycles. The average Bonchev–Trinajstić information content (AvgIpc) is 2.66. The highest BCUT2D eigenvalue weighted by atomic mass is 19.1. The molecule has 0 spiro atoms. The maximum Gasteiger partial charge on any atom is 0.265 e. The second-order valence-electron chi connectivity index (χ2n) is 6.28. The fourth-order valence-electron chi connectivity index (χ4n) is 3.29. The molecule has 26 heavy (non-hydrogen) atoms. The van der Waals surface area contributed by atoms with Crippen molar-refractivity contribution in [3.05, 3.63) is 53.3 Å². The number of anilines is 2. The van der Waals surface area contributed by atoms with E-state index in [1.165, 1.54) is 4.90 Å². The first-order valence-electron chi connectivity index (χ1n) is 8.46. The number of hydrogen-bond acceptors (Lipinski definition) is 4. The van der Waals surface area contributed by atoms with Crippen molar-refractivity contribution in [2.45, 2.75) is 13.0 Å². The number of fused-ring (bicyclic) bond motifs is 2. The van der Waals surface area contributed by atoms with Crippen molar-refractivity contribution in [2.75, 3.05) is 29.9 Å². The minimum Gasteiger partial charge on any atom is -0.482 e. The molecule has 2 aromatic rings. The van der Waals surface area contributed by atoms with Gasteiger partial charge in [0.15, 0.2) is 6.61 Å². The normalized spacial score (nSPS) is 15.7. The zero-order valence-electron chi connectivity index (χ0n) is 14.0. The molecular weight excluding hydrogens is 337 g/mol. The summed E-state index contributed by atoms with van der Waals surface area (Å²) >= 11 is 0. The number of ether oxygens (including phenoxy) is 1. The number of nitrogens with one attached hydrogen (secondary N) is 2. The lowest BCUT2D eigenvalue weighted by molar-refractivity contribution is -0.123. The number of amides is 2. The largest absolute Gasteiger partial charge is 0.482 e. The van der Waals surface area contributed by atoms with Crippen LogP contribution in [0, 0.1) is 5.82 Å².